The maximum Gasteiger partial charge on any atom is 0.228 e. The Balaban J connectivity index is 0.00000200. The van der Waals surface area contributed by atoms with E-state index in [-0.39, 0.29) is 30.3 Å². The monoisotopic (exact) mass is 318 g/mol. The van der Waals surface area contributed by atoms with Crippen molar-refractivity contribution in [1.82, 2.24) is 5.32 Å². The Kier molecular flexibility index (Phi) is 6.59. The number of rotatable bonds is 4. The van der Waals surface area contributed by atoms with Crippen molar-refractivity contribution in [1.29, 1.82) is 0 Å². The molecule has 2 N–H and O–H groups in total. The summed E-state index contributed by atoms with van der Waals surface area (Å²) in [4.78, 5) is 12.0. The van der Waals surface area contributed by atoms with Gasteiger partial charge in [0.25, 0.3) is 0 Å². The van der Waals surface area contributed by atoms with Gasteiger partial charge in [-0.15, -0.1) is 12.4 Å². The highest BCUT2D eigenvalue weighted by molar-refractivity contribution is 6.32. The van der Waals surface area contributed by atoms with E-state index in [1.165, 1.54) is 0 Å². The molecule has 2 rings (SSSR count). The molecule has 0 bridgehead atoms. The number of hydrogen-bond donors (Lipinski definition) is 2. The predicted molar refractivity (Wildman–Crippen MR) is 84.1 cm³/mol. The molecule has 112 valence electrons. The minimum atomic E-state index is 0. The topological polar surface area (TPSA) is 50.4 Å². The SMILES string of the molecule is CC(C)Oc1ccc(NC(=O)C2CCNC2)cc1Cl.Cl. The smallest absolute Gasteiger partial charge is 0.228 e. The molecule has 1 atom stereocenters. The van der Waals surface area contributed by atoms with Crippen LogP contribution in [0.5, 0.6) is 5.75 Å². The van der Waals surface area contributed by atoms with Crippen molar-refractivity contribution >= 4 is 35.6 Å². The molecule has 1 aliphatic rings. The van der Waals surface area contributed by atoms with E-state index in [1.54, 1.807) is 12.1 Å². The second-order valence-corrected chi connectivity index (χ2v) is 5.40. The molecule has 0 radical (unpaired) electrons. The van der Waals surface area contributed by atoms with Crippen LogP contribution >= 0.6 is 24.0 Å². The Labute approximate surface area is 130 Å². The zero-order valence-corrected chi connectivity index (χ0v) is 13.2. The molecule has 4 nitrogen and oxygen atoms in total. The van der Waals surface area contributed by atoms with Gasteiger partial charge in [-0.25, -0.2) is 0 Å². The summed E-state index contributed by atoms with van der Waals surface area (Å²) in [5.41, 5.74) is 0.706. The summed E-state index contributed by atoms with van der Waals surface area (Å²) >= 11 is 6.13. The van der Waals surface area contributed by atoms with Crippen molar-refractivity contribution in [2.75, 3.05) is 18.4 Å². The first kappa shape index (κ1) is 17.1. The lowest BCUT2D eigenvalue weighted by atomic mass is 10.1. The van der Waals surface area contributed by atoms with E-state index in [4.69, 9.17) is 16.3 Å². The van der Waals surface area contributed by atoms with Crippen LogP contribution in [-0.2, 0) is 4.79 Å². The van der Waals surface area contributed by atoms with Gasteiger partial charge in [0.05, 0.1) is 17.0 Å². The van der Waals surface area contributed by atoms with Gasteiger partial charge in [0.15, 0.2) is 0 Å². The lowest BCUT2D eigenvalue weighted by Crippen LogP contribution is -2.24. The minimum Gasteiger partial charge on any atom is -0.489 e. The summed E-state index contributed by atoms with van der Waals surface area (Å²) in [6.45, 7) is 5.53. The van der Waals surface area contributed by atoms with Crippen LogP contribution in [0.3, 0.4) is 0 Å². The van der Waals surface area contributed by atoms with E-state index >= 15 is 0 Å². The first-order valence-corrected chi connectivity index (χ1v) is 6.92. The minimum absolute atomic E-state index is 0. The van der Waals surface area contributed by atoms with Crippen molar-refractivity contribution in [2.45, 2.75) is 26.4 Å². The molecule has 1 heterocycles. The van der Waals surface area contributed by atoms with E-state index in [2.05, 4.69) is 10.6 Å². The zero-order chi connectivity index (χ0) is 13.8. The van der Waals surface area contributed by atoms with Gasteiger partial charge in [-0.2, -0.15) is 0 Å². The van der Waals surface area contributed by atoms with E-state index in [0.717, 1.165) is 19.5 Å². The molecule has 1 amide bonds. The fraction of sp³-hybridized carbons (Fsp3) is 0.500. The molecule has 1 fully saturated rings. The third kappa shape index (κ3) is 4.54. The maximum absolute atomic E-state index is 12.0. The number of carbonyl (C=O) groups excluding carboxylic acids is 1. The molecule has 1 saturated heterocycles. The molecule has 1 aliphatic heterocycles. The van der Waals surface area contributed by atoms with Crippen LogP contribution in [0.4, 0.5) is 5.69 Å². The predicted octanol–water partition coefficient (Wildman–Crippen LogP) is 3.10. The van der Waals surface area contributed by atoms with Crippen molar-refractivity contribution in [3.05, 3.63) is 23.2 Å². The molecule has 0 saturated carbocycles. The molecule has 6 heteroatoms. The van der Waals surface area contributed by atoms with E-state index in [9.17, 15) is 4.79 Å². The van der Waals surface area contributed by atoms with Crippen LogP contribution < -0.4 is 15.4 Å². The number of amides is 1. The highest BCUT2D eigenvalue weighted by Gasteiger charge is 2.22. The molecule has 0 aliphatic carbocycles. The Bertz CT molecular complexity index is 460. The standard InChI is InChI=1S/C14H19ClN2O2.ClH/c1-9(2)19-13-4-3-11(7-12(13)15)17-14(18)10-5-6-16-8-10;/h3-4,7,9-10,16H,5-6,8H2,1-2H3,(H,17,18);1H. The Morgan fingerprint density at radius 1 is 1.50 bits per heavy atom. The number of nitrogens with one attached hydrogen (secondary N) is 2. The van der Waals surface area contributed by atoms with Crippen LogP contribution in [0.2, 0.25) is 5.02 Å². The first-order chi connectivity index (χ1) is 9.06. The van der Waals surface area contributed by atoms with Crippen molar-refractivity contribution in [2.24, 2.45) is 5.92 Å². The number of carbonyl (C=O) groups is 1. The van der Waals surface area contributed by atoms with Gasteiger partial charge in [0.2, 0.25) is 5.91 Å². The number of anilines is 1. The molecule has 0 aromatic heterocycles. The molecule has 1 aromatic rings. The highest BCUT2D eigenvalue weighted by Crippen LogP contribution is 2.28. The summed E-state index contributed by atoms with van der Waals surface area (Å²) in [7, 11) is 0. The Morgan fingerprint density at radius 2 is 2.25 bits per heavy atom. The summed E-state index contributed by atoms with van der Waals surface area (Å²) in [5.74, 6) is 0.723. The first-order valence-electron chi connectivity index (χ1n) is 6.54. The zero-order valence-electron chi connectivity index (χ0n) is 11.6. The lowest BCUT2D eigenvalue weighted by Gasteiger charge is -2.14. The molecule has 0 spiro atoms. The fourth-order valence-electron chi connectivity index (χ4n) is 2.05. The molecular weight excluding hydrogens is 299 g/mol. The van der Waals surface area contributed by atoms with Crippen LogP contribution in [0.1, 0.15) is 20.3 Å². The quantitative estimate of drug-likeness (QED) is 0.897. The van der Waals surface area contributed by atoms with Crippen LogP contribution in [0.15, 0.2) is 18.2 Å². The number of hydrogen-bond acceptors (Lipinski definition) is 3. The van der Waals surface area contributed by atoms with E-state index < -0.39 is 0 Å². The average molecular weight is 319 g/mol. The van der Waals surface area contributed by atoms with Crippen LogP contribution in [0.25, 0.3) is 0 Å². The molecule has 20 heavy (non-hydrogen) atoms. The Hall–Kier alpha value is -0.970. The number of halogens is 2. The van der Waals surface area contributed by atoms with Gasteiger partial charge < -0.3 is 15.4 Å². The van der Waals surface area contributed by atoms with E-state index in [0.29, 0.717) is 16.5 Å². The molecule has 1 unspecified atom stereocenters. The van der Waals surface area contributed by atoms with Gasteiger partial charge >= 0.3 is 0 Å². The van der Waals surface area contributed by atoms with Crippen LogP contribution in [-0.4, -0.2) is 25.1 Å². The molecular formula is C14H20Cl2N2O2. The maximum atomic E-state index is 12.0. The lowest BCUT2D eigenvalue weighted by molar-refractivity contribution is -0.119. The van der Waals surface area contributed by atoms with Gasteiger partial charge in [0, 0.05) is 12.2 Å². The Morgan fingerprint density at radius 3 is 2.80 bits per heavy atom. The third-order valence-corrected chi connectivity index (χ3v) is 3.29. The summed E-state index contributed by atoms with van der Waals surface area (Å²) in [5, 5.41) is 6.57. The van der Waals surface area contributed by atoms with Crippen LogP contribution in [0, 0.1) is 5.92 Å². The molecule has 1 aromatic carbocycles. The number of ether oxygens (including phenoxy) is 1. The van der Waals surface area contributed by atoms with Crippen molar-refractivity contribution < 1.29 is 9.53 Å². The average Bonchev–Trinajstić information content (AvgIpc) is 2.86. The van der Waals surface area contributed by atoms with E-state index in [1.807, 2.05) is 19.9 Å². The van der Waals surface area contributed by atoms with Crippen molar-refractivity contribution in [3.8, 4) is 5.75 Å². The van der Waals surface area contributed by atoms with Gasteiger partial charge in [-0.3, -0.25) is 4.79 Å². The summed E-state index contributed by atoms with van der Waals surface area (Å²) in [6, 6.07) is 5.31. The largest absolute Gasteiger partial charge is 0.489 e. The normalized spacial score (nSPS) is 17.7. The summed E-state index contributed by atoms with van der Waals surface area (Å²) in [6.07, 6.45) is 0.955. The number of benzene rings is 1. The highest BCUT2D eigenvalue weighted by atomic mass is 35.5. The van der Waals surface area contributed by atoms with Gasteiger partial charge in [-0.05, 0) is 45.0 Å². The second kappa shape index (κ2) is 7.72. The van der Waals surface area contributed by atoms with Crippen molar-refractivity contribution in [3.63, 3.8) is 0 Å². The summed E-state index contributed by atoms with van der Waals surface area (Å²) < 4.78 is 5.55. The third-order valence-electron chi connectivity index (χ3n) is 2.99. The fourth-order valence-corrected chi connectivity index (χ4v) is 2.28. The second-order valence-electron chi connectivity index (χ2n) is 4.99. The van der Waals surface area contributed by atoms with Gasteiger partial charge in [0.1, 0.15) is 5.75 Å². The van der Waals surface area contributed by atoms with Gasteiger partial charge in [-0.1, -0.05) is 11.6 Å².